The van der Waals surface area contributed by atoms with Crippen LogP contribution in [-0.2, 0) is 6.42 Å². The maximum atomic E-state index is 11.6. The number of nitrogens with zero attached hydrogens (tertiary/aromatic N) is 2. The second kappa shape index (κ2) is 16.9. The quantitative estimate of drug-likeness (QED) is 0.223. The standard InChI is InChI=1S/C51H75N3O2/c1-37(2)42-23-29-51(52-30-32-54-35-33-53(34-36-54)31-12-15-39-13-9-8-10-14-39)28-22-38(3)49(6)27-25-45-48(4,5)43(40-18-20-41(21-19-40)47(55)56)24-26-50(45,7)46(49)17-11-16-44(42)51/h8-10,13-14,18-21,24,38,42,44-46,52H,1,11-12,15-17,22-23,25-36H2,2-7H3,(H,55,56). The number of nitrogens with one attached hydrogen (secondary N) is 1. The molecule has 0 spiro atoms. The molecule has 56 heavy (non-hydrogen) atoms. The summed E-state index contributed by atoms with van der Waals surface area (Å²) in [6.45, 7) is 28.1. The number of hydrogen-bond acceptors (Lipinski definition) is 4. The van der Waals surface area contributed by atoms with Gasteiger partial charge in [-0.1, -0.05) is 102 Å². The number of fused-ring (bicyclic) bond motifs is 4. The number of carboxylic acids is 1. The molecule has 5 heteroatoms. The first-order chi connectivity index (χ1) is 26.8. The summed E-state index contributed by atoms with van der Waals surface area (Å²) in [4.78, 5) is 17.0. The van der Waals surface area contributed by atoms with E-state index in [0.29, 0.717) is 40.6 Å². The van der Waals surface area contributed by atoms with Crippen LogP contribution in [0.3, 0.4) is 0 Å². The van der Waals surface area contributed by atoms with Crippen molar-refractivity contribution in [1.82, 2.24) is 15.1 Å². The minimum Gasteiger partial charge on any atom is -0.478 e. The van der Waals surface area contributed by atoms with E-state index in [1.54, 1.807) is 12.1 Å². The number of benzene rings is 2. The number of rotatable bonds is 11. The van der Waals surface area contributed by atoms with Crippen molar-refractivity contribution < 1.29 is 9.90 Å². The fourth-order valence-corrected chi connectivity index (χ4v) is 13.8. The van der Waals surface area contributed by atoms with E-state index in [1.807, 2.05) is 12.1 Å². The van der Waals surface area contributed by atoms with Crippen LogP contribution in [0.25, 0.3) is 5.57 Å². The van der Waals surface area contributed by atoms with Crippen LogP contribution < -0.4 is 5.32 Å². The highest BCUT2D eigenvalue weighted by atomic mass is 16.4. The van der Waals surface area contributed by atoms with Crippen molar-refractivity contribution in [2.45, 2.75) is 124 Å². The number of allylic oxidation sites excluding steroid dienone is 3. The van der Waals surface area contributed by atoms with Crippen molar-refractivity contribution in [1.29, 1.82) is 0 Å². The molecule has 2 aromatic rings. The molecule has 4 fully saturated rings. The Hall–Kier alpha value is -2.73. The number of piperazine rings is 1. The van der Waals surface area contributed by atoms with E-state index in [1.165, 1.54) is 126 Å². The second-order valence-electron chi connectivity index (χ2n) is 20.4. The molecule has 1 saturated heterocycles. The lowest BCUT2D eigenvalue weighted by Crippen LogP contribution is -2.57. The van der Waals surface area contributed by atoms with Crippen LogP contribution in [0, 0.1) is 45.8 Å². The summed E-state index contributed by atoms with van der Waals surface area (Å²) in [7, 11) is 0. The SMILES string of the molecule is C=C(C)C1CCC2(NCCN3CCN(CCCc4ccccc4)CC3)CCC(C)C3(C)CCC4C(C)(C)C(c5ccc(C(=O)O)cc5)=CCC4(C)C3CCCC12. The molecule has 7 rings (SSSR count). The van der Waals surface area contributed by atoms with E-state index >= 15 is 0 Å². The lowest BCUT2D eigenvalue weighted by molar-refractivity contribution is -0.120. The lowest BCUT2D eigenvalue weighted by atomic mass is 9.40. The molecule has 0 aromatic heterocycles. The molecular formula is C51H75N3O2. The lowest BCUT2D eigenvalue weighted by Gasteiger charge is -2.64. The van der Waals surface area contributed by atoms with Gasteiger partial charge in [0.2, 0.25) is 0 Å². The molecule has 8 atom stereocenters. The number of carboxylic acid groups (broad SMARTS) is 1. The monoisotopic (exact) mass is 762 g/mol. The number of aryl methyl sites for hydroxylation is 1. The highest BCUT2D eigenvalue weighted by Crippen LogP contribution is 2.68. The van der Waals surface area contributed by atoms with Gasteiger partial charge in [0.25, 0.3) is 0 Å². The third kappa shape index (κ3) is 8.13. The van der Waals surface area contributed by atoms with Gasteiger partial charge >= 0.3 is 5.97 Å². The number of aromatic carboxylic acids is 1. The van der Waals surface area contributed by atoms with Gasteiger partial charge in [0, 0.05) is 44.8 Å². The molecule has 2 N–H and O–H groups in total. The first-order valence-electron chi connectivity index (χ1n) is 22.7. The molecule has 1 heterocycles. The summed E-state index contributed by atoms with van der Waals surface area (Å²) in [6, 6.07) is 18.6. The van der Waals surface area contributed by atoms with Crippen LogP contribution in [0.1, 0.15) is 134 Å². The van der Waals surface area contributed by atoms with Crippen LogP contribution in [0.2, 0.25) is 0 Å². The highest BCUT2D eigenvalue weighted by Gasteiger charge is 2.60. The summed E-state index contributed by atoms with van der Waals surface area (Å²) in [5, 5.41) is 13.9. The molecule has 306 valence electrons. The van der Waals surface area contributed by atoms with Crippen molar-refractivity contribution in [3.05, 3.63) is 89.5 Å². The van der Waals surface area contributed by atoms with Gasteiger partial charge in [-0.25, -0.2) is 4.79 Å². The molecule has 2 aromatic carbocycles. The molecule has 0 radical (unpaired) electrons. The highest BCUT2D eigenvalue weighted by molar-refractivity contribution is 5.88. The summed E-state index contributed by atoms with van der Waals surface area (Å²) >= 11 is 0. The Morgan fingerprint density at radius 2 is 1.50 bits per heavy atom. The van der Waals surface area contributed by atoms with E-state index in [2.05, 4.69) is 99.6 Å². The minimum atomic E-state index is -0.854. The van der Waals surface area contributed by atoms with Crippen molar-refractivity contribution >= 4 is 11.5 Å². The molecule has 5 aliphatic rings. The average Bonchev–Trinajstić information content (AvgIpc) is 3.54. The van der Waals surface area contributed by atoms with E-state index < -0.39 is 5.97 Å². The molecule has 1 aliphatic heterocycles. The largest absolute Gasteiger partial charge is 0.478 e. The molecule has 8 unspecified atom stereocenters. The van der Waals surface area contributed by atoms with Gasteiger partial charge in [-0.15, -0.1) is 0 Å². The molecule has 5 nitrogen and oxygen atoms in total. The summed E-state index contributed by atoms with van der Waals surface area (Å²) in [6.07, 6.45) is 17.8. The molecule has 0 amide bonds. The smallest absolute Gasteiger partial charge is 0.335 e. The molecule has 4 aliphatic carbocycles. The Labute approximate surface area is 340 Å². The third-order valence-corrected chi connectivity index (χ3v) is 17.2. The molecule has 3 saturated carbocycles. The fourth-order valence-electron chi connectivity index (χ4n) is 13.8. The van der Waals surface area contributed by atoms with Crippen LogP contribution in [-0.4, -0.2) is 72.2 Å². The maximum Gasteiger partial charge on any atom is 0.335 e. The first kappa shape index (κ1) is 41.4. The normalized spacial score (nSPS) is 35.1. The first-order valence-corrected chi connectivity index (χ1v) is 22.7. The molecule has 0 bridgehead atoms. The zero-order valence-corrected chi connectivity index (χ0v) is 36.1. The predicted molar refractivity (Wildman–Crippen MR) is 234 cm³/mol. The van der Waals surface area contributed by atoms with E-state index in [-0.39, 0.29) is 16.4 Å². The summed E-state index contributed by atoms with van der Waals surface area (Å²) in [5.74, 6) is 2.43. The van der Waals surface area contributed by atoms with E-state index in [9.17, 15) is 9.90 Å². The van der Waals surface area contributed by atoms with Gasteiger partial charge in [0.05, 0.1) is 5.56 Å². The van der Waals surface area contributed by atoms with Gasteiger partial charge in [-0.3, -0.25) is 4.90 Å². The van der Waals surface area contributed by atoms with Gasteiger partial charge in [-0.05, 0) is 159 Å². The summed E-state index contributed by atoms with van der Waals surface area (Å²) in [5.41, 5.74) is 6.69. The Bertz CT molecular complexity index is 1690. The van der Waals surface area contributed by atoms with Gasteiger partial charge in [0.15, 0.2) is 0 Å². The Balaban J connectivity index is 1.02. The number of carbonyl (C=O) groups is 1. The Morgan fingerprint density at radius 1 is 0.821 bits per heavy atom. The fraction of sp³-hybridized carbons (Fsp3) is 0.667. The molecular weight excluding hydrogens is 687 g/mol. The van der Waals surface area contributed by atoms with Gasteiger partial charge in [-0.2, -0.15) is 0 Å². The van der Waals surface area contributed by atoms with Crippen LogP contribution in [0.5, 0.6) is 0 Å². The van der Waals surface area contributed by atoms with Crippen molar-refractivity contribution in [3.8, 4) is 0 Å². The van der Waals surface area contributed by atoms with Crippen molar-refractivity contribution in [3.63, 3.8) is 0 Å². The minimum absolute atomic E-state index is 0.0300. The second-order valence-corrected chi connectivity index (χ2v) is 20.4. The van der Waals surface area contributed by atoms with Crippen LogP contribution >= 0.6 is 0 Å². The summed E-state index contributed by atoms with van der Waals surface area (Å²) < 4.78 is 0. The third-order valence-electron chi connectivity index (χ3n) is 17.2. The van der Waals surface area contributed by atoms with E-state index in [0.717, 1.165) is 19.5 Å². The maximum absolute atomic E-state index is 11.6. The topological polar surface area (TPSA) is 55.8 Å². The van der Waals surface area contributed by atoms with Crippen LogP contribution in [0.4, 0.5) is 0 Å². The van der Waals surface area contributed by atoms with Gasteiger partial charge in [0.1, 0.15) is 0 Å². The Morgan fingerprint density at radius 3 is 2.18 bits per heavy atom. The Kier molecular flexibility index (Phi) is 12.5. The van der Waals surface area contributed by atoms with Crippen LogP contribution in [0.15, 0.2) is 72.8 Å². The zero-order valence-electron chi connectivity index (χ0n) is 36.1. The van der Waals surface area contributed by atoms with E-state index in [4.69, 9.17) is 0 Å². The zero-order chi connectivity index (χ0) is 39.7. The predicted octanol–water partition coefficient (Wildman–Crippen LogP) is 11.0. The van der Waals surface area contributed by atoms with Crippen molar-refractivity contribution in [2.75, 3.05) is 45.8 Å². The van der Waals surface area contributed by atoms with Gasteiger partial charge < -0.3 is 15.3 Å². The van der Waals surface area contributed by atoms with Crippen molar-refractivity contribution in [2.24, 2.45) is 45.8 Å². The number of hydrogen-bond donors (Lipinski definition) is 2. The average molecular weight is 762 g/mol.